The Balaban J connectivity index is 2.18. The van der Waals surface area contributed by atoms with Gasteiger partial charge in [0, 0.05) is 36.5 Å². The third-order valence-electron chi connectivity index (χ3n) is 2.37. The molecule has 0 aliphatic carbocycles. The highest BCUT2D eigenvalue weighted by atomic mass is 79.9. The van der Waals surface area contributed by atoms with Gasteiger partial charge in [-0.1, -0.05) is 15.9 Å². The average molecular weight is 337 g/mol. The van der Waals surface area contributed by atoms with Crippen molar-refractivity contribution < 1.29 is 4.79 Å². The third-order valence-corrected chi connectivity index (χ3v) is 3.86. The topological polar surface area (TPSA) is 33.2 Å². The van der Waals surface area contributed by atoms with Crippen molar-refractivity contribution >= 4 is 39.1 Å². The van der Waals surface area contributed by atoms with Gasteiger partial charge in [0.25, 0.3) is 0 Å². The van der Waals surface area contributed by atoms with Crippen molar-refractivity contribution in [1.29, 1.82) is 0 Å². The van der Waals surface area contributed by atoms with E-state index in [1.807, 2.05) is 55.5 Å². The van der Waals surface area contributed by atoms with Gasteiger partial charge in [0.05, 0.1) is 4.88 Å². The highest BCUT2D eigenvalue weighted by molar-refractivity contribution is 9.10. The van der Waals surface area contributed by atoms with Crippen LogP contribution in [0.3, 0.4) is 0 Å². The van der Waals surface area contributed by atoms with E-state index in [1.165, 1.54) is 11.3 Å². The zero-order valence-corrected chi connectivity index (χ0v) is 13.0. The number of hydrogen-bond acceptors (Lipinski definition) is 4. The normalized spacial score (nSPS) is 10.9. The molecule has 1 aromatic carbocycles. The number of thiazole rings is 1. The summed E-state index contributed by atoms with van der Waals surface area (Å²) in [5.74, 6) is 0.00880. The molecular formula is C14H13BrN2OS. The van der Waals surface area contributed by atoms with E-state index in [-0.39, 0.29) is 5.78 Å². The van der Waals surface area contributed by atoms with Crippen LogP contribution in [0.15, 0.2) is 41.1 Å². The van der Waals surface area contributed by atoms with E-state index in [0.717, 1.165) is 9.48 Å². The summed E-state index contributed by atoms with van der Waals surface area (Å²) in [5.41, 5.74) is 0.676. The number of carbonyl (C=O) groups excluding carboxylic acids is 1. The summed E-state index contributed by atoms with van der Waals surface area (Å²) in [6.07, 6.45) is 5.43. The zero-order chi connectivity index (χ0) is 13.8. The molecule has 1 aromatic heterocycles. The number of aromatic nitrogens is 1. The van der Waals surface area contributed by atoms with E-state index < -0.39 is 0 Å². The highest BCUT2D eigenvalue weighted by Gasteiger charge is 2.12. The van der Waals surface area contributed by atoms with E-state index in [0.29, 0.717) is 10.4 Å². The molecule has 0 bridgehead atoms. The van der Waals surface area contributed by atoms with E-state index in [2.05, 4.69) is 20.9 Å². The predicted molar refractivity (Wildman–Crippen MR) is 82.4 cm³/mol. The molecule has 5 heteroatoms. The van der Waals surface area contributed by atoms with Crippen LogP contribution in [-0.2, 0) is 0 Å². The Kier molecular flexibility index (Phi) is 4.50. The van der Waals surface area contributed by atoms with Gasteiger partial charge >= 0.3 is 0 Å². The molecule has 98 valence electrons. The van der Waals surface area contributed by atoms with Crippen LogP contribution < -0.4 is 0 Å². The van der Waals surface area contributed by atoms with E-state index in [1.54, 1.807) is 6.20 Å². The summed E-state index contributed by atoms with van der Waals surface area (Å²) in [4.78, 5) is 19.0. The van der Waals surface area contributed by atoms with Crippen LogP contribution in [0.5, 0.6) is 0 Å². The maximum Gasteiger partial charge on any atom is 0.204 e. The van der Waals surface area contributed by atoms with Crippen LogP contribution in [0, 0.1) is 0 Å². The smallest absolute Gasteiger partial charge is 0.204 e. The lowest BCUT2D eigenvalue weighted by molar-refractivity contribution is 0.104. The lowest BCUT2D eigenvalue weighted by atomic mass is 10.1. The van der Waals surface area contributed by atoms with E-state index >= 15 is 0 Å². The molecule has 0 spiro atoms. The van der Waals surface area contributed by atoms with Gasteiger partial charge in [0.15, 0.2) is 0 Å². The Bertz CT molecular complexity index is 602. The van der Waals surface area contributed by atoms with Crippen molar-refractivity contribution in [2.24, 2.45) is 0 Å². The van der Waals surface area contributed by atoms with E-state index in [9.17, 15) is 4.79 Å². The molecule has 0 amide bonds. The first-order chi connectivity index (χ1) is 9.06. The molecule has 2 rings (SSSR count). The summed E-state index contributed by atoms with van der Waals surface area (Å²) in [6, 6.07) is 7.34. The molecule has 0 N–H and O–H groups in total. The van der Waals surface area contributed by atoms with Gasteiger partial charge in [0.2, 0.25) is 5.78 Å². The third kappa shape index (κ3) is 3.75. The van der Waals surface area contributed by atoms with Gasteiger partial charge in [-0.2, -0.15) is 0 Å². The maximum atomic E-state index is 12.2. The first-order valence-corrected chi connectivity index (χ1v) is 7.28. The summed E-state index contributed by atoms with van der Waals surface area (Å²) >= 11 is 4.75. The molecular weight excluding hydrogens is 324 g/mol. The molecule has 0 radical (unpaired) electrons. The molecule has 0 fully saturated rings. The summed E-state index contributed by atoms with van der Waals surface area (Å²) in [7, 11) is 3.88. The number of hydrogen-bond donors (Lipinski definition) is 0. The van der Waals surface area contributed by atoms with Crippen LogP contribution in [0.2, 0.25) is 0 Å². The second-order valence-corrected chi connectivity index (χ2v) is 6.16. The van der Waals surface area contributed by atoms with Crippen molar-refractivity contribution in [3.8, 4) is 0 Å². The first-order valence-electron chi connectivity index (χ1n) is 5.67. The van der Waals surface area contributed by atoms with Gasteiger partial charge in [0.1, 0.15) is 5.01 Å². The van der Waals surface area contributed by atoms with Gasteiger partial charge in [-0.05, 0) is 30.3 Å². The fourth-order valence-corrected chi connectivity index (χ4v) is 2.47. The molecule has 0 saturated carbocycles. The Morgan fingerprint density at radius 2 is 2.00 bits per heavy atom. The second-order valence-electron chi connectivity index (χ2n) is 4.18. The Morgan fingerprint density at radius 3 is 2.63 bits per heavy atom. The predicted octanol–water partition coefficient (Wildman–Crippen LogP) is 3.67. The monoisotopic (exact) mass is 336 g/mol. The molecule has 3 nitrogen and oxygen atoms in total. The zero-order valence-electron chi connectivity index (χ0n) is 10.6. The van der Waals surface area contributed by atoms with Crippen molar-refractivity contribution in [3.05, 3.63) is 56.6 Å². The second kappa shape index (κ2) is 6.12. The summed E-state index contributed by atoms with van der Waals surface area (Å²) in [6.45, 7) is 0. The molecule has 0 saturated heterocycles. The number of benzene rings is 1. The minimum Gasteiger partial charge on any atom is -0.383 e. The van der Waals surface area contributed by atoms with Crippen LogP contribution in [0.1, 0.15) is 20.2 Å². The Hall–Kier alpha value is -1.46. The molecule has 0 aliphatic rings. The molecule has 0 atom stereocenters. The van der Waals surface area contributed by atoms with Crippen molar-refractivity contribution in [3.63, 3.8) is 0 Å². The SMILES string of the molecule is CN(C)/C=C/c1ncc(C(=O)c2ccc(Br)cc2)s1. The fourth-order valence-electron chi connectivity index (χ4n) is 1.43. The highest BCUT2D eigenvalue weighted by Crippen LogP contribution is 2.20. The minimum absolute atomic E-state index is 0.00880. The molecule has 0 aliphatic heterocycles. The molecule has 19 heavy (non-hydrogen) atoms. The fraction of sp³-hybridized carbons (Fsp3) is 0.143. The van der Waals surface area contributed by atoms with Gasteiger partial charge in [-0.15, -0.1) is 11.3 Å². The lowest BCUT2D eigenvalue weighted by Gasteiger charge is -2.01. The van der Waals surface area contributed by atoms with Gasteiger partial charge in [-0.25, -0.2) is 4.98 Å². The lowest BCUT2D eigenvalue weighted by Crippen LogP contribution is -1.99. The van der Waals surface area contributed by atoms with Gasteiger partial charge in [-0.3, -0.25) is 4.79 Å². The average Bonchev–Trinajstić information content (AvgIpc) is 2.85. The Labute approximate surface area is 124 Å². The van der Waals surface area contributed by atoms with Crippen LogP contribution in [-0.4, -0.2) is 29.8 Å². The number of rotatable bonds is 4. The maximum absolute atomic E-state index is 12.2. The number of ketones is 1. The van der Waals surface area contributed by atoms with E-state index in [4.69, 9.17) is 0 Å². The van der Waals surface area contributed by atoms with Gasteiger partial charge < -0.3 is 4.90 Å². The van der Waals surface area contributed by atoms with Crippen molar-refractivity contribution in [2.75, 3.05) is 14.1 Å². The number of halogens is 1. The molecule has 0 unspecified atom stereocenters. The van der Waals surface area contributed by atoms with Crippen LogP contribution >= 0.6 is 27.3 Å². The largest absolute Gasteiger partial charge is 0.383 e. The minimum atomic E-state index is 0.00880. The number of carbonyl (C=O) groups is 1. The summed E-state index contributed by atoms with van der Waals surface area (Å²) in [5, 5.41) is 0.828. The quantitative estimate of drug-likeness (QED) is 0.798. The Morgan fingerprint density at radius 1 is 1.32 bits per heavy atom. The molecule has 2 aromatic rings. The van der Waals surface area contributed by atoms with Crippen LogP contribution in [0.25, 0.3) is 6.08 Å². The number of nitrogens with zero attached hydrogens (tertiary/aromatic N) is 2. The van der Waals surface area contributed by atoms with Crippen molar-refractivity contribution in [2.45, 2.75) is 0 Å². The standard InChI is InChI=1S/C14H13BrN2OS/c1-17(2)8-7-13-16-9-12(19-13)14(18)10-3-5-11(15)6-4-10/h3-9H,1-2H3/b8-7+. The summed E-state index contributed by atoms with van der Waals surface area (Å²) < 4.78 is 0.961. The van der Waals surface area contributed by atoms with Crippen molar-refractivity contribution in [1.82, 2.24) is 9.88 Å². The first kappa shape index (κ1) is 14.0. The van der Waals surface area contributed by atoms with Crippen LogP contribution in [0.4, 0.5) is 0 Å². The molecule has 1 heterocycles.